The largest absolute Gasteiger partial charge is 0.377 e. The minimum Gasteiger partial charge on any atom is -0.377 e. The number of ether oxygens (including phenoxy) is 1. The summed E-state index contributed by atoms with van der Waals surface area (Å²) in [6.45, 7) is 0.674. The Morgan fingerprint density at radius 2 is 2.27 bits per heavy atom. The topological polar surface area (TPSA) is 68.5 Å². The Bertz CT molecular complexity index is 322. The molecule has 1 heterocycles. The SMILES string of the molecule is COCC(=O)Cc1nc(CN(C)C)no1. The molecule has 15 heavy (non-hydrogen) atoms. The summed E-state index contributed by atoms with van der Waals surface area (Å²) in [4.78, 5) is 17.2. The first-order valence-electron chi connectivity index (χ1n) is 4.58. The fourth-order valence-electron chi connectivity index (χ4n) is 1.09. The number of aromatic nitrogens is 2. The van der Waals surface area contributed by atoms with Gasteiger partial charge in [0, 0.05) is 7.11 Å². The molecule has 0 aliphatic heterocycles. The molecule has 0 unspecified atom stereocenters. The number of ketones is 1. The lowest BCUT2D eigenvalue weighted by Crippen LogP contribution is -2.12. The summed E-state index contributed by atoms with van der Waals surface area (Å²) in [5.74, 6) is 0.853. The lowest BCUT2D eigenvalue weighted by atomic mass is 10.3. The number of rotatable bonds is 6. The number of Topliss-reactive ketones (excluding diaryl/α,β-unsaturated/α-hetero) is 1. The monoisotopic (exact) mass is 213 g/mol. The molecule has 0 saturated heterocycles. The third-order valence-corrected chi connectivity index (χ3v) is 1.62. The van der Waals surface area contributed by atoms with Crippen molar-refractivity contribution in [1.29, 1.82) is 0 Å². The van der Waals surface area contributed by atoms with Gasteiger partial charge in [0.15, 0.2) is 11.6 Å². The van der Waals surface area contributed by atoms with Gasteiger partial charge in [-0.05, 0) is 14.1 Å². The molecule has 0 radical (unpaired) electrons. The second-order valence-electron chi connectivity index (χ2n) is 3.49. The summed E-state index contributed by atoms with van der Waals surface area (Å²) in [6, 6.07) is 0. The predicted octanol–water partition coefficient (Wildman–Crippen LogP) is -0.111. The van der Waals surface area contributed by atoms with Gasteiger partial charge in [0.05, 0.1) is 13.0 Å². The normalized spacial score (nSPS) is 10.9. The molecule has 6 nitrogen and oxygen atoms in total. The molecule has 0 amide bonds. The number of carbonyl (C=O) groups excluding carboxylic acids is 1. The molecule has 84 valence electrons. The van der Waals surface area contributed by atoms with Gasteiger partial charge in [-0.3, -0.25) is 4.79 Å². The van der Waals surface area contributed by atoms with Crippen LogP contribution in [0.2, 0.25) is 0 Å². The molecular weight excluding hydrogens is 198 g/mol. The van der Waals surface area contributed by atoms with Gasteiger partial charge in [0.2, 0.25) is 5.89 Å². The second-order valence-corrected chi connectivity index (χ2v) is 3.49. The highest BCUT2D eigenvalue weighted by Crippen LogP contribution is 2.00. The average molecular weight is 213 g/mol. The zero-order chi connectivity index (χ0) is 11.3. The van der Waals surface area contributed by atoms with Crippen LogP contribution in [0.5, 0.6) is 0 Å². The molecule has 0 bridgehead atoms. The minimum atomic E-state index is -0.0717. The molecule has 1 aromatic rings. The molecule has 0 N–H and O–H groups in total. The van der Waals surface area contributed by atoms with Crippen molar-refractivity contribution in [3.05, 3.63) is 11.7 Å². The molecule has 1 aromatic heterocycles. The van der Waals surface area contributed by atoms with Crippen molar-refractivity contribution in [2.24, 2.45) is 0 Å². The van der Waals surface area contributed by atoms with Crippen LogP contribution in [0.4, 0.5) is 0 Å². The Kier molecular flexibility index (Phi) is 4.38. The van der Waals surface area contributed by atoms with E-state index in [4.69, 9.17) is 9.26 Å². The molecule has 0 saturated carbocycles. The Hall–Kier alpha value is -1.27. The van der Waals surface area contributed by atoms with Gasteiger partial charge in [-0.15, -0.1) is 0 Å². The standard InChI is InChI=1S/C9H15N3O3/c1-12(2)5-8-10-9(15-11-8)4-7(13)6-14-3/h4-6H2,1-3H3. The van der Waals surface area contributed by atoms with Crippen LogP contribution in [-0.2, 0) is 22.5 Å². The van der Waals surface area contributed by atoms with Gasteiger partial charge in [-0.1, -0.05) is 5.16 Å². The Balaban J connectivity index is 2.49. The molecule has 6 heteroatoms. The maximum absolute atomic E-state index is 11.2. The summed E-state index contributed by atoms with van der Waals surface area (Å²) in [6.07, 6.45) is 0.133. The van der Waals surface area contributed by atoms with E-state index in [1.165, 1.54) is 7.11 Å². The van der Waals surface area contributed by atoms with Crippen molar-refractivity contribution in [3.8, 4) is 0 Å². The Morgan fingerprint density at radius 1 is 1.53 bits per heavy atom. The van der Waals surface area contributed by atoms with E-state index in [1.54, 1.807) is 0 Å². The summed E-state index contributed by atoms with van der Waals surface area (Å²) in [5.41, 5.74) is 0. The van der Waals surface area contributed by atoms with Crippen LogP contribution in [0.15, 0.2) is 4.52 Å². The second kappa shape index (κ2) is 5.57. The predicted molar refractivity (Wildman–Crippen MR) is 52.3 cm³/mol. The maximum atomic E-state index is 11.2. The third-order valence-electron chi connectivity index (χ3n) is 1.62. The molecule has 0 aliphatic rings. The summed E-state index contributed by atoms with van der Waals surface area (Å²) in [5, 5.41) is 3.75. The van der Waals surface area contributed by atoms with E-state index in [2.05, 4.69) is 10.1 Å². The van der Waals surface area contributed by atoms with E-state index >= 15 is 0 Å². The maximum Gasteiger partial charge on any atom is 0.234 e. The van der Waals surface area contributed by atoms with E-state index in [1.807, 2.05) is 19.0 Å². The molecule has 0 fully saturated rings. The Morgan fingerprint density at radius 3 is 2.87 bits per heavy atom. The van der Waals surface area contributed by atoms with Crippen molar-refractivity contribution in [2.45, 2.75) is 13.0 Å². The van der Waals surface area contributed by atoms with Crippen molar-refractivity contribution in [3.63, 3.8) is 0 Å². The number of hydrogen-bond donors (Lipinski definition) is 0. The third kappa shape index (κ3) is 4.18. The van der Waals surface area contributed by atoms with E-state index in [9.17, 15) is 4.79 Å². The van der Waals surface area contributed by atoms with Crippen LogP contribution in [0.3, 0.4) is 0 Å². The number of nitrogens with zero attached hydrogens (tertiary/aromatic N) is 3. The van der Waals surface area contributed by atoms with Gasteiger partial charge in [0.1, 0.15) is 6.61 Å². The van der Waals surface area contributed by atoms with E-state index < -0.39 is 0 Å². The summed E-state index contributed by atoms with van der Waals surface area (Å²) >= 11 is 0. The number of methoxy groups -OCH3 is 1. The molecule has 0 aliphatic carbocycles. The quantitative estimate of drug-likeness (QED) is 0.656. The van der Waals surface area contributed by atoms with Gasteiger partial charge in [-0.25, -0.2) is 0 Å². The van der Waals surface area contributed by atoms with Gasteiger partial charge in [-0.2, -0.15) is 4.98 Å². The summed E-state index contributed by atoms with van der Waals surface area (Å²) in [7, 11) is 5.29. The molecule has 0 aromatic carbocycles. The van der Waals surface area contributed by atoms with E-state index in [0.717, 1.165) is 0 Å². The Labute approximate surface area is 88.2 Å². The van der Waals surface area contributed by atoms with Crippen LogP contribution in [0, 0.1) is 0 Å². The van der Waals surface area contributed by atoms with Gasteiger partial charge >= 0.3 is 0 Å². The fraction of sp³-hybridized carbons (Fsp3) is 0.667. The minimum absolute atomic E-state index is 0.0717. The first-order valence-corrected chi connectivity index (χ1v) is 4.58. The zero-order valence-electron chi connectivity index (χ0n) is 9.19. The molecule has 1 rings (SSSR count). The highest BCUT2D eigenvalue weighted by atomic mass is 16.5. The van der Waals surface area contributed by atoms with Crippen molar-refractivity contribution in [2.75, 3.05) is 27.8 Å². The molecular formula is C9H15N3O3. The van der Waals surface area contributed by atoms with Crippen molar-refractivity contribution < 1.29 is 14.1 Å². The van der Waals surface area contributed by atoms with Crippen LogP contribution in [0.1, 0.15) is 11.7 Å². The van der Waals surface area contributed by atoms with E-state index in [0.29, 0.717) is 18.3 Å². The zero-order valence-corrected chi connectivity index (χ0v) is 9.19. The smallest absolute Gasteiger partial charge is 0.234 e. The average Bonchev–Trinajstić information content (AvgIpc) is 2.51. The molecule has 0 atom stereocenters. The van der Waals surface area contributed by atoms with Gasteiger partial charge < -0.3 is 14.2 Å². The van der Waals surface area contributed by atoms with Crippen LogP contribution in [0.25, 0.3) is 0 Å². The first-order chi connectivity index (χ1) is 7.11. The number of carbonyl (C=O) groups is 1. The lowest BCUT2D eigenvalue weighted by molar-refractivity contribution is -0.122. The highest BCUT2D eigenvalue weighted by Gasteiger charge is 2.11. The highest BCUT2D eigenvalue weighted by molar-refractivity contribution is 5.81. The lowest BCUT2D eigenvalue weighted by Gasteiger charge is -2.03. The number of hydrogen-bond acceptors (Lipinski definition) is 6. The van der Waals surface area contributed by atoms with Crippen molar-refractivity contribution in [1.82, 2.24) is 15.0 Å². The fourth-order valence-corrected chi connectivity index (χ4v) is 1.09. The first kappa shape index (κ1) is 11.8. The van der Waals surface area contributed by atoms with Crippen molar-refractivity contribution >= 4 is 5.78 Å². The van der Waals surface area contributed by atoms with Crippen LogP contribution in [-0.4, -0.2) is 48.6 Å². The van der Waals surface area contributed by atoms with E-state index in [-0.39, 0.29) is 18.8 Å². The van der Waals surface area contributed by atoms with Crippen LogP contribution < -0.4 is 0 Å². The molecule has 0 spiro atoms. The van der Waals surface area contributed by atoms with Gasteiger partial charge in [0.25, 0.3) is 0 Å². The summed E-state index contributed by atoms with van der Waals surface area (Å²) < 4.78 is 9.62. The van der Waals surface area contributed by atoms with Crippen LogP contribution >= 0.6 is 0 Å².